The average molecular weight is 978 g/mol. The number of aliphatic hydroxyl groups is 2. The van der Waals surface area contributed by atoms with E-state index in [4.69, 9.17) is 27.1 Å². The maximum Gasteiger partial charge on any atom is 0.248 e. The van der Waals surface area contributed by atoms with Crippen molar-refractivity contribution in [1.29, 1.82) is 0 Å². The molecule has 4 aliphatic rings. The van der Waals surface area contributed by atoms with E-state index >= 15 is 0 Å². The van der Waals surface area contributed by atoms with Crippen LogP contribution in [-0.4, -0.2) is 137 Å². The predicted octanol–water partition coefficient (Wildman–Crippen LogP) is 4.29. The third kappa shape index (κ3) is 11.3. The Labute approximate surface area is 405 Å². The molecule has 4 aliphatic heterocycles. The fraction of sp³-hybridized carbons (Fsp3) is 0.574. The van der Waals surface area contributed by atoms with Crippen LogP contribution in [0.1, 0.15) is 88.7 Å². The van der Waals surface area contributed by atoms with Crippen LogP contribution in [0.5, 0.6) is 5.75 Å². The molecule has 0 unspecified atom stereocenters. The number of hydrogen-bond donors (Lipinski definition) is 4. The van der Waals surface area contributed by atoms with E-state index in [1.54, 1.807) is 31.6 Å². The minimum atomic E-state index is -0.908. The Balaban J connectivity index is 0.816. The van der Waals surface area contributed by atoms with Crippen LogP contribution in [0.15, 0.2) is 52.8 Å². The number of rotatable bonds is 14. The van der Waals surface area contributed by atoms with Gasteiger partial charge in [-0.25, -0.2) is 24.0 Å². The van der Waals surface area contributed by atoms with Crippen molar-refractivity contribution in [3.05, 3.63) is 70.6 Å². The van der Waals surface area contributed by atoms with Gasteiger partial charge in [0, 0.05) is 112 Å². The molecule has 0 bridgehead atoms. The molecule has 0 spiro atoms. The van der Waals surface area contributed by atoms with Gasteiger partial charge >= 0.3 is 0 Å². The predicted molar refractivity (Wildman–Crippen MR) is 254 cm³/mol. The minimum Gasteiger partial charge on any atom is -0.490 e. The van der Waals surface area contributed by atoms with Gasteiger partial charge in [-0.05, 0) is 57.6 Å². The van der Waals surface area contributed by atoms with E-state index in [0.717, 1.165) is 30.8 Å². The first-order valence-corrected chi connectivity index (χ1v) is 24.7. The van der Waals surface area contributed by atoms with Gasteiger partial charge in [0.05, 0.1) is 29.6 Å². The van der Waals surface area contributed by atoms with Crippen molar-refractivity contribution >= 4 is 52.7 Å². The number of aromatic nitrogens is 6. The number of likely N-dealkylation sites (tertiary alicyclic amines) is 2. The highest BCUT2D eigenvalue weighted by Gasteiger charge is 2.43. The molecule has 366 valence electrons. The summed E-state index contributed by atoms with van der Waals surface area (Å²) in [5.74, 6) is 0.149. The molecule has 4 aromatic rings. The highest BCUT2D eigenvalue weighted by Crippen LogP contribution is 2.39. The maximum atomic E-state index is 14.6. The Kier molecular flexibility index (Phi) is 15.4. The zero-order valence-electron chi connectivity index (χ0n) is 39.1. The lowest BCUT2D eigenvalue weighted by Crippen LogP contribution is -2.49. The first-order chi connectivity index (χ1) is 32.6. The van der Waals surface area contributed by atoms with Crippen molar-refractivity contribution in [3.63, 3.8) is 0 Å². The number of nitrogens with one attached hydrogen (secondary N) is 1. The van der Waals surface area contributed by atoms with Crippen LogP contribution >= 0.6 is 23.4 Å². The third-order valence-electron chi connectivity index (χ3n) is 13.5. The van der Waals surface area contributed by atoms with Gasteiger partial charge in [-0.1, -0.05) is 48.5 Å². The SMILES string of the molecule is Cc1cn([C@H](C(=O)N2C[C@H](O)C[C@H]2C(=O)NCc2ccc(F)cc2OC2CCN(C(=O)C3CCN(c4nccc(Sc5cnc(N6CCC(C)(N)CC6)c(CO)n5)c4Cl)CC3)CC2)C(C)C)nn1. The summed E-state index contributed by atoms with van der Waals surface area (Å²) in [4.78, 5) is 63.6. The lowest BCUT2D eigenvalue weighted by Gasteiger charge is -2.38. The standard InChI is InChI=1S/C47H62ClFN12O6S/c1-28(2)41(61-25-29(3)55-56-61)46(66)60-26-33(63)22-36(60)44(64)53-23-31-5-6-32(49)21-37(31)67-34-10-17-59(18-11-34)45(65)30-8-15-57(16-9-30)43-40(48)38(7-14-51-43)68-39-24-52-42(35(27-62)54-39)58-19-12-47(4,50)13-20-58/h5-7,14,21,24-25,28,30,33-34,36,41,62-63H,8-13,15-20,22-23,26-27,50H2,1-4H3,(H,53,64)/t33-,36+,41+/m1/s1. The zero-order chi connectivity index (χ0) is 48.3. The topological polar surface area (TPSA) is 221 Å². The number of nitrogens with two attached hydrogens (primary N) is 1. The van der Waals surface area contributed by atoms with E-state index in [-0.39, 0.29) is 61.4 Å². The number of halogens is 2. The van der Waals surface area contributed by atoms with Gasteiger partial charge < -0.3 is 45.6 Å². The number of aliphatic hydroxyl groups excluding tert-OH is 2. The number of aryl methyl sites for hydroxylation is 1. The van der Waals surface area contributed by atoms with Crippen molar-refractivity contribution in [2.24, 2.45) is 17.6 Å². The summed E-state index contributed by atoms with van der Waals surface area (Å²) in [6.45, 7) is 11.1. The molecule has 3 aromatic heterocycles. The van der Waals surface area contributed by atoms with E-state index in [9.17, 15) is 29.0 Å². The van der Waals surface area contributed by atoms with Crippen molar-refractivity contribution in [1.82, 2.24) is 45.1 Å². The van der Waals surface area contributed by atoms with Crippen molar-refractivity contribution in [2.45, 2.75) is 126 Å². The molecule has 4 saturated heterocycles. The van der Waals surface area contributed by atoms with Gasteiger partial charge in [-0.15, -0.1) is 5.10 Å². The molecular formula is C47H62ClFN12O6S. The van der Waals surface area contributed by atoms with Gasteiger partial charge in [0.15, 0.2) is 5.82 Å². The number of ether oxygens (including phenoxy) is 1. The highest BCUT2D eigenvalue weighted by molar-refractivity contribution is 7.99. The first kappa shape index (κ1) is 49.3. The van der Waals surface area contributed by atoms with E-state index in [1.807, 2.05) is 24.8 Å². The van der Waals surface area contributed by atoms with Crippen LogP contribution in [0.25, 0.3) is 0 Å². The quantitative estimate of drug-likeness (QED) is 0.139. The maximum absolute atomic E-state index is 14.6. The molecule has 4 fully saturated rings. The molecule has 0 aliphatic carbocycles. The van der Waals surface area contributed by atoms with Crippen LogP contribution < -0.4 is 25.6 Å². The summed E-state index contributed by atoms with van der Waals surface area (Å²) < 4.78 is 22.5. The molecule has 21 heteroatoms. The number of β-amino-alcohol motifs (C(OH)–C–C–N with tert-alkyl or cyclic N) is 1. The fourth-order valence-corrected chi connectivity index (χ4v) is 10.8. The molecule has 0 saturated carbocycles. The third-order valence-corrected chi connectivity index (χ3v) is 15.0. The van der Waals surface area contributed by atoms with Crippen LogP contribution in [0.3, 0.4) is 0 Å². The molecular weight excluding hydrogens is 915 g/mol. The van der Waals surface area contributed by atoms with Crippen molar-refractivity contribution in [3.8, 4) is 5.75 Å². The van der Waals surface area contributed by atoms with Crippen molar-refractivity contribution in [2.75, 3.05) is 55.6 Å². The molecule has 0 radical (unpaired) electrons. The number of carbonyl (C=O) groups is 3. The molecule has 5 N–H and O–H groups in total. The van der Waals surface area contributed by atoms with E-state index in [0.29, 0.717) is 96.2 Å². The van der Waals surface area contributed by atoms with Crippen LogP contribution in [0.4, 0.5) is 16.0 Å². The fourth-order valence-electron chi connectivity index (χ4n) is 9.61. The number of pyridine rings is 1. The molecule has 68 heavy (non-hydrogen) atoms. The Morgan fingerprint density at radius 1 is 1.03 bits per heavy atom. The second-order valence-electron chi connectivity index (χ2n) is 19.1. The Hall–Kier alpha value is -5.15. The van der Waals surface area contributed by atoms with Gasteiger partial charge in [0.2, 0.25) is 17.7 Å². The van der Waals surface area contributed by atoms with Gasteiger partial charge in [0.25, 0.3) is 0 Å². The number of piperidine rings is 3. The normalized spacial score (nSPS) is 20.8. The molecule has 1 aromatic carbocycles. The second kappa shape index (κ2) is 21.2. The van der Waals surface area contributed by atoms with Gasteiger partial charge in [-0.3, -0.25) is 14.4 Å². The number of carbonyl (C=O) groups excluding carboxylic acids is 3. The van der Waals surface area contributed by atoms with E-state index < -0.39 is 29.9 Å². The second-order valence-corrected chi connectivity index (χ2v) is 20.6. The van der Waals surface area contributed by atoms with Crippen molar-refractivity contribution < 1.29 is 33.7 Å². The van der Waals surface area contributed by atoms with Crippen LogP contribution in [0, 0.1) is 24.6 Å². The molecule has 3 amide bonds. The number of anilines is 2. The summed E-state index contributed by atoms with van der Waals surface area (Å²) in [6, 6.07) is 4.40. The number of hydrogen-bond acceptors (Lipinski definition) is 15. The van der Waals surface area contributed by atoms with E-state index in [2.05, 4.69) is 42.3 Å². The highest BCUT2D eigenvalue weighted by atomic mass is 35.5. The Morgan fingerprint density at radius 2 is 1.75 bits per heavy atom. The number of nitrogens with zero attached hydrogens (tertiary/aromatic N) is 10. The van der Waals surface area contributed by atoms with E-state index in [1.165, 1.54) is 33.5 Å². The lowest BCUT2D eigenvalue weighted by molar-refractivity contribution is -0.142. The molecule has 18 nitrogen and oxygen atoms in total. The molecule has 3 atom stereocenters. The summed E-state index contributed by atoms with van der Waals surface area (Å²) in [6.07, 6.45) is 8.07. The summed E-state index contributed by atoms with van der Waals surface area (Å²) >= 11 is 8.34. The summed E-state index contributed by atoms with van der Waals surface area (Å²) in [5, 5.41) is 32.9. The lowest BCUT2D eigenvalue weighted by atomic mass is 9.91. The minimum absolute atomic E-state index is 0.0106. The molecule has 7 heterocycles. The van der Waals surface area contributed by atoms with Gasteiger partial charge in [0.1, 0.15) is 46.3 Å². The zero-order valence-corrected chi connectivity index (χ0v) is 40.6. The monoisotopic (exact) mass is 976 g/mol. The largest absolute Gasteiger partial charge is 0.490 e. The van der Waals surface area contributed by atoms with Crippen LogP contribution in [0.2, 0.25) is 5.02 Å². The Morgan fingerprint density at radius 3 is 2.43 bits per heavy atom. The molecule has 8 rings (SSSR count). The average Bonchev–Trinajstić information content (AvgIpc) is 3.94. The Bertz CT molecular complexity index is 2440. The number of benzene rings is 1. The van der Waals surface area contributed by atoms with Gasteiger partial charge in [-0.2, -0.15) is 0 Å². The summed E-state index contributed by atoms with van der Waals surface area (Å²) in [5.41, 5.74) is 7.84. The summed E-state index contributed by atoms with van der Waals surface area (Å²) in [7, 11) is 0. The first-order valence-electron chi connectivity index (χ1n) is 23.5. The smallest absolute Gasteiger partial charge is 0.248 e. The number of amides is 3. The van der Waals surface area contributed by atoms with Crippen LogP contribution in [-0.2, 0) is 27.5 Å².